The average Bonchev–Trinajstić information content (AvgIpc) is 2.85. The zero-order valence-corrected chi connectivity index (χ0v) is 16.7. The van der Waals surface area contributed by atoms with E-state index in [4.69, 9.17) is 0 Å². The van der Waals surface area contributed by atoms with Crippen LogP contribution in [0, 0.1) is 24.8 Å². The first-order valence-electron chi connectivity index (χ1n) is 8.31. The van der Waals surface area contributed by atoms with E-state index in [1.807, 2.05) is 0 Å². The Bertz CT molecular complexity index is 404. The topological polar surface area (TPSA) is 46.0 Å². The number of aromatic amines is 1. The number of rotatable bonds is 2. The molecule has 1 heterocycles. The zero-order chi connectivity index (χ0) is 14.2. The molecule has 0 bridgehead atoms. The van der Waals surface area contributed by atoms with Crippen LogP contribution in [0.5, 0.6) is 0 Å². The van der Waals surface area contributed by atoms with Crippen molar-refractivity contribution >= 4 is 8.41 Å². The van der Waals surface area contributed by atoms with Gasteiger partial charge in [-0.25, -0.2) is 5.16 Å². The summed E-state index contributed by atoms with van der Waals surface area (Å²) in [4.78, 5) is 10.1. The summed E-state index contributed by atoms with van der Waals surface area (Å²) in [5, 5.41) is 2.08. The first-order chi connectivity index (χ1) is 9.74. The Kier molecular flexibility index (Phi) is 12.7. The molecule has 0 amide bonds. The summed E-state index contributed by atoms with van der Waals surface area (Å²) in [6, 6.07) is 2.36. The molecule has 1 N–H and O–H groups in total. The summed E-state index contributed by atoms with van der Waals surface area (Å²) in [5.41, 5.74) is -0.308. The fourth-order valence-corrected chi connectivity index (χ4v) is 3.65. The van der Waals surface area contributed by atoms with Crippen molar-refractivity contribution in [3.63, 3.8) is 0 Å². The Labute approximate surface area is 161 Å². The minimum atomic E-state index is -0.308. The standard InChI is InChI=1S/C13H24.C4H4NO2.B.Y/c1-3-7-12(8-4-1)11-13-9-5-2-6-10-13;1-3-2-4(6)5-7-3;;/h12-13H,1-11H2;1H3,(H,5,6);;/q;-1;;. The molecule has 0 unspecified atom stereocenters. The van der Waals surface area contributed by atoms with E-state index in [0.29, 0.717) is 5.76 Å². The van der Waals surface area contributed by atoms with Gasteiger partial charge in [0.25, 0.3) is 0 Å². The van der Waals surface area contributed by atoms with E-state index in [9.17, 15) is 4.79 Å². The van der Waals surface area contributed by atoms with Crippen LogP contribution in [0.15, 0.2) is 9.32 Å². The van der Waals surface area contributed by atoms with E-state index in [1.54, 1.807) is 39.0 Å². The van der Waals surface area contributed by atoms with Crippen LogP contribution in [-0.2, 0) is 32.7 Å². The maximum atomic E-state index is 10.1. The minimum absolute atomic E-state index is 0. The fourth-order valence-electron chi connectivity index (χ4n) is 3.65. The van der Waals surface area contributed by atoms with Crippen LogP contribution in [0.25, 0.3) is 0 Å². The van der Waals surface area contributed by atoms with Crippen LogP contribution in [-0.4, -0.2) is 13.6 Å². The molecule has 2 aliphatic rings. The molecule has 0 spiro atoms. The maximum Gasteiger partial charge on any atom is 0.102 e. The van der Waals surface area contributed by atoms with Crippen LogP contribution in [0.1, 0.15) is 76.4 Å². The molecule has 0 aliphatic heterocycles. The molecular weight excluding hydrogens is 350 g/mol. The number of nitrogens with one attached hydrogen (secondary N) is 1. The van der Waals surface area contributed by atoms with Crippen molar-refractivity contribution in [3.8, 4) is 0 Å². The second-order valence-corrected chi connectivity index (χ2v) is 6.46. The second kappa shape index (κ2) is 12.6. The van der Waals surface area contributed by atoms with E-state index in [2.05, 4.69) is 15.7 Å². The van der Waals surface area contributed by atoms with Crippen LogP contribution in [0.2, 0.25) is 0 Å². The van der Waals surface area contributed by atoms with Crippen molar-refractivity contribution < 1.29 is 37.2 Å². The fraction of sp³-hybridized carbons (Fsp3) is 0.824. The Morgan fingerprint density at radius 1 is 1.00 bits per heavy atom. The van der Waals surface area contributed by atoms with E-state index in [1.165, 1.54) is 38.5 Å². The number of aromatic nitrogens is 1. The van der Waals surface area contributed by atoms with E-state index < -0.39 is 0 Å². The smallest absolute Gasteiger partial charge is 0.102 e. The molecule has 22 heavy (non-hydrogen) atoms. The van der Waals surface area contributed by atoms with Crippen molar-refractivity contribution in [2.24, 2.45) is 11.8 Å². The minimum Gasteiger partial charge on any atom is -0.424 e. The number of aryl methyl sites for hydroxylation is 1. The SMILES string of the molecule is C1CCC(CC2CCCCC2)CC1.Cc1[c-]c(=O)[nH]o1.[B].[Y]. The second-order valence-electron chi connectivity index (χ2n) is 6.46. The van der Waals surface area contributed by atoms with Crippen molar-refractivity contribution in [2.45, 2.75) is 77.6 Å². The third-order valence-corrected chi connectivity index (χ3v) is 4.70. The predicted octanol–water partition coefficient (Wildman–Crippen LogP) is 4.23. The first kappa shape index (κ1) is 22.2. The van der Waals surface area contributed by atoms with Crippen LogP contribution < -0.4 is 5.56 Å². The van der Waals surface area contributed by atoms with Gasteiger partial charge in [0.1, 0.15) is 5.56 Å². The molecule has 3 rings (SSSR count). The summed E-state index contributed by atoms with van der Waals surface area (Å²) in [7, 11) is 0. The van der Waals surface area contributed by atoms with Gasteiger partial charge >= 0.3 is 0 Å². The number of hydrogen-bond donors (Lipinski definition) is 1. The van der Waals surface area contributed by atoms with Crippen LogP contribution in [0.3, 0.4) is 0 Å². The zero-order valence-electron chi connectivity index (χ0n) is 13.9. The molecule has 0 aromatic carbocycles. The summed E-state index contributed by atoms with van der Waals surface area (Å²) in [6.07, 6.45) is 16.9. The number of hydrogen-bond acceptors (Lipinski definition) is 2. The van der Waals surface area contributed by atoms with Gasteiger partial charge in [0.15, 0.2) is 0 Å². The molecule has 2 saturated carbocycles. The molecular formula is C17H28BNO2Y-. The molecule has 2 aliphatic carbocycles. The van der Waals surface area contributed by atoms with E-state index >= 15 is 0 Å². The summed E-state index contributed by atoms with van der Waals surface area (Å²) in [6.45, 7) is 1.65. The molecule has 0 saturated heterocycles. The van der Waals surface area contributed by atoms with E-state index in [-0.39, 0.29) is 46.7 Å². The number of H-pyrrole nitrogens is 1. The molecule has 4 radical (unpaired) electrons. The van der Waals surface area contributed by atoms with Crippen molar-refractivity contribution in [1.29, 1.82) is 0 Å². The summed E-state index contributed by atoms with van der Waals surface area (Å²) < 4.78 is 4.47. The van der Waals surface area contributed by atoms with Gasteiger partial charge in [0.2, 0.25) is 0 Å². The van der Waals surface area contributed by atoms with Crippen molar-refractivity contribution in [2.75, 3.05) is 0 Å². The first-order valence-corrected chi connectivity index (χ1v) is 8.31. The molecule has 0 atom stereocenters. The van der Waals surface area contributed by atoms with Gasteiger partial charge in [-0.05, 0) is 30.9 Å². The Hall–Kier alpha value is 0.179. The third kappa shape index (κ3) is 8.72. The van der Waals surface area contributed by atoms with Crippen molar-refractivity contribution in [1.82, 2.24) is 5.16 Å². The maximum absolute atomic E-state index is 10.1. The van der Waals surface area contributed by atoms with Gasteiger partial charge in [-0.1, -0.05) is 64.2 Å². The predicted molar refractivity (Wildman–Crippen MR) is 86.4 cm³/mol. The van der Waals surface area contributed by atoms with Gasteiger partial charge < -0.3 is 15.4 Å². The van der Waals surface area contributed by atoms with Gasteiger partial charge in [-0.2, -0.15) is 0 Å². The van der Waals surface area contributed by atoms with Gasteiger partial charge in [-0.3, -0.25) is 0 Å². The van der Waals surface area contributed by atoms with Gasteiger partial charge in [0, 0.05) is 41.1 Å². The Balaban J connectivity index is 0.000000425. The van der Waals surface area contributed by atoms with Crippen LogP contribution in [0.4, 0.5) is 0 Å². The molecule has 3 nitrogen and oxygen atoms in total. The Morgan fingerprint density at radius 3 is 1.73 bits per heavy atom. The third-order valence-electron chi connectivity index (χ3n) is 4.70. The van der Waals surface area contributed by atoms with E-state index in [0.717, 1.165) is 11.8 Å². The molecule has 1 aromatic heterocycles. The molecule has 2 fully saturated rings. The quantitative estimate of drug-likeness (QED) is 0.619. The largest absolute Gasteiger partial charge is 0.424 e. The molecule has 120 valence electrons. The van der Waals surface area contributed by atoms with Gasteiger partial charge in [-0.15, -0.1) is 0 Å². The average molecular weight is 378 g/mol. The molecule has 5 heteroatoms. The van der Waals surface area contributed by atoms with Crippen LogP contribution >= 0.6 is 0 Å². The Morgan fingerprint density at radius 2 is 1.45 bits per heavy atom. The summed E-state index contributed by atoms with van der Waals surface area (Å²) in [5.74, 6) is 2.73. The normalized spacial score (nSPS) is 19.3. The van der Waals surface area contributed by atoms with Crippen molar-refractivity contribution in [3.05, 3.63) is 22.2 Å². The monoisotopic (exact) mass is 378 g/mol. The molecule has 1 aromatic rings. The van der Waals surface area contributed by atoms with Gasteiger partial charge in [0.05, 0.1) is 0 Å². The summed E-state index contributed by atoms with van der Waals surface area (Å²) >= 11 is 0.